The van der Waals surface area contributed by atoms with Gasteiger partial charge in [-0.1, -0.05) is 55.5 Å². The Morgan fingerprint density at radius 3 is 2.30 bits per heavy atom. The van der Waals surface area contributed by atoms with Crippen molar-refractivity contribution in [3.63, 3.8) is 0 Å². The zero-order chi connectivity index (χ0) is 21.5. The minimum Gasteiger partial charge on any atom is -0.465 e. The molecule has 6 nitrogen and oxygen atoms in total. The van der Waals surface area contributed by atoms with Crippen LogP contribution in [0.15, 0.2) is 72.8 Å². The van der Waals surface area contributed by atoms with Gasteiger partial charge in [0.05, 0.1) is 11.4 Å². The van der Waals surface area contributed by atoms with E-state index in [1.807, 2.05) is 49.4 Å². The van der Waals surface area contributed by atoms with Crippen molar-refractivity contribution in [1.29, 1.82) is 0 Å². The van der Waals surface area contributed by atoms with E-state index in [9.17, 15) is 14.7 Å². The van der Waals surface area contributed by atoms with Gasteiger partial charge in [0.25, 0.3) is 5.91 Å². The lowest BCUT2D eigenvalue weighted by atomic mass is 10.0. The van der Waals surface area contributed by atoms with E-state index in [0.717, 1.165) is 23.1 Å². The van der Waals surface area contributed by atoms with Crippen molar-refractivity contribution in [2.75, 3.05) is 17.6 Å². The second-order valence-corrected chi connectivity index (χ2v) is 7.02. The molecule has 4 N–H and O–H groups in total. The Balaban J connectivity index is 1.72. The molecule has 0 aliphatic carbocycles. The second-order valence-electron chi connectivity index (χ2n) is 7.02. The summed E-state index contributed by atoms with van der Waals surface area (Å²) in [6.07, 6.45) is -0.205. The van der Waals surface area contributed by atoms with E-state index in [-0.39, 0.29) is 12.5 Å². The molecule has 3 aromatic rings. The van der Waals surface area contributed by atoms with Crippen LogP contribution in [0.4, 0.5) is 16.2 Å². The van der Waals surface area contributed by atoms with Crippen LogP contribution in [0.5, 0.6) is 0 Å². The predicted octanol–water partition coefficient (Wildman–Crippen LogP) is 5.08. The van der Waals surface area contributed by atoms with Crippen molar-refractivity contribution in [3.8, 4) is 11.1 Å². The Bertz CT molecular complexity index is 1020. The molecule has 3 rings (SSSR count). The summed E-state index contributed by atoms with van der Waals surface area (Å²) in [6.45, 7) is 2.69. The van der Waals surface area contributed by atoms with Gasteiger partial charge >= 0.3 is 6.09 Å². The van der Waals surface area contributed by atoms with E-state index in [0.29, 0.717) is 23.5 Å². The summed E-state index contributed by atoms with van der Waals surface area (Å²) in [4.78, 5) is 25.3. The van der Waals surface area contributed by atoms with Crippen LogP contribution in [0, 0.1) is 0 Å². The molecule has 0 saturated heterocycles. The molecular formula is C24H25N3O3. The quantitative estimate of drug-likeness (QED) is 0.480. The number of rotatable bonds is 7. The van der Waals surface area contributed by atoms with Crippen LogP contribution < -0.4 is 11.1 Å². The number of hydrogen-bond acceptors (Lipinski definition) is 3. The Hall–Kier alpha value is -3.80. The number of carbonyl (C=O) groups excluding carboxylic acids is 1. The first-order valence-corrected chi connectivity index (χ1v) is 9.81. The Morgan fingerprint density at radius 2 is 1.67 bits per heavy atom. The number of benzene rings is 3. The molecule has 6 heteroatoms. The molecule has 2 amide bonds. The van der Waals surface area contributed by atoms with Gasteiger partial charge in [-0.25, -0.2) is 4.79 Å². The first kappa shape index (κ1) is 20.9. The van der Waals surface area contributed by atoms with Crippen LogP contribution >= 0.6 is 0 Å². The van der Waals surface area contributed by atoms with Crippen molar-refractivity contribution in [3.05, 3.63) is 83.9 Å². The maximum Gasteiger partial charge on any atom is 0.407 e. The predicted molar refractivity (Wildman–Crippen MR) is 119 cm³/mol. The molecule has 0 saturated carbocycles. The topological polar surface area (TPSA) is 95.7 Å². The van der Waals surface area contributed by atoms with Crippen molar-refractivity contribution < 1.29 is 14.7 Å². The number of carbonyl (C=O) groups is 2. The molecule has 30 heavy (non-hydrogen) atoms. The van der Waals surface area contributed by atoms with Gasteiger partial charge in [-0.05, 0) is 47.4 Å². The number of amides is 2. The van der Waals surface area contributed by atoms with Gasteiger partial charge in [0.2, 0.25) is 0 Å². The summed E-state index contributed by atoms with van der Waals surface area (Å²) in [6, 6.07) is 22.3. The normalized spacial score (nSPS) is 10.4. The number of nitrogens with two attached hydrogens (primary N) is 1. The minimum absolute atomic E-state index is 0.276. The standard InChI is InChI=1S/C24H25N3O3/c1-2-14-27(24(29)30)16-17-8-10-19(11-9-17)23(28)26-22-15-20(12-13-21(22)25)18-6-4-3-5-7-18/h3-13,15H,2,14,16,25H2,1H3,(H,26,28)(H,29,30). The lowest BCUT2D eigenvalue weighted by Gasteiger charge is -2.18. The van der Waals surface area contributed by atoms with Crippen molar-refractivity contribution in [1.82, 2.24) is 4.90 Å². The van der Waals surface area contributed by atoms with Crippen molar-refractivity contribution >= 4 is 23.4 Å². The van der Waals surface area contributed by atoms with Crippen LogP contribution in [0.1, 0.15) is 29.3 Å². The van der Waals surface area contributed by atoms with E-state index >= 15 is 0 Å². The minimum atomic E-state index is -0.951. The lowest BCUT2D eigenvalue weighted by molar-refractivity contribution is 0.102. The number of nitrogen functional groups attached to an aromatic ring is 1. The van der Waals surface area contributed by atoms with Gasteiger partial charge < -0.3 is 21.1 Å². The van der Waals surface area contributed by atoms with E-state index in [4.69, 9.17) is 5.73 Å². The highest BCUT2D eigenvalue weighted by Gasteiger charge is 2.13. The summed E-state index contributed by atoms with van der Waals surface area (Å²) >= 11 is 0. The van der Waals surface area contributed by atoms with Crippen LogP contribution in [0.3, 0.4) is 0 Å². The van der Waals surface area contributed by atoms with Crippen LogP contribution in [-0.2, 0) is 6.54 Å². The molecule has 3 aromatic carbocycles. The number of nitrogens with zero attached hydrogens (tertiary/aromatic N) is 1. The van der Waals surface area contributed by atoms with E-state index in [2.05, 4.69) is 5.32 Å². The van der Waals surface area contributed by atoms with E-state index in [1.54, 1.807) is 30.3 Å². The molecule has 0 spiro atoms. The molecule has 0 radical (unpaired) electrons. The third-order valence-electron chi connectivity index (χ3n) is 4.76. The summed E-state index contributed by atoms with van der Waals surface area (Å²) in [5.74, 6) is -0.276. The van der Waals surface area contributed by atoms with Gasteiger partial charge in [0.1, 0.15) is 0 Å². The highest BCUT2D eigenvalue weighted by Crippen LogP contribution is 2.27. The molecule has 0 unspecified atom stereocenters. The smallest absolute Gasteiger partial charge is 0.407 e. The van der Waals surface area contributed by atoms with Crippen molar-refractivity contribution in [2.45, 2.75) is 19.9 Å². The maximum absolute atomic E-state index is 12.7. The monoisotopic (exact) mass is 403 g/mol. The Morgan fingerprint density at radius 1 is 0.967 bits per heavy atom. The first-order valence-electron chi connectivity index (χ1n) is 9.81. The number of hydrogen-bond donors (Lipinski definition) is 3. The Labute approximate surface area is 176 Å². The SMILES string of the molecule is CCCN(Cc1ccc(C(=O)Nc2cc(-c3ccccc3)ccc2N)cc1)C(=O)O. The summed E-state index contributed by atoms with van der Waals surface area (Å²) in [5, 5.41) is 12.1. The van der Waals surface area contributed by atoms with Gasteiger partial charge in [-0.3, -0.25) is 4.79 Å². The van der Waals surface area contributed by atoms with E-state index in [1.165, 1.54) is 4.90 Å². The number of carboxylic acid groups (broad SMARTS) is 1. The van der Waals surface area contributed by atoms with Gasteiger partial charge in [-0.15, -0.1) is 0 Å². The average Bonchev–Trinajstić information content (AvgIpc) is 2.76. The summed E-state index contributed by atoms with van der Waals surface area (Å²) in [7, 11) is 0. The Kier molecular flexibility index (Phi) is 6.70. The average molecular weight is 403 g/mol. The van der Waals surface area contributed by atoms with Crippen LogP contribution in [0.2, 0.25) is 0 Å². The summed E-state index contributed by atoms with van der Waals surface area (Å²) < 4.78 is 0. The third-order valence-corrected chi connectivity index (χ3v) is 4.76. The fourth-order valence-electron chi connectivity index (χ4n) is 3.16. The fraction of sp³-hybridized carbons (Fsp3) is 0.167. The second kappa shape index (κ2) is 9.60. The zero-order valence-corrected chi connectivity index (χ0v) is 16.8. The summed E-state index contributed by atoms with van der Waals surface area (Å²) in [5.41, 5.74) is 10.4. The number of anilines is 2. The van der Waals surface area contributed by atoms with Gasteiger partial charge in [0, 0.05) is 18.7 Å². The largest absolute Gasteiger partial charge is 0.465 e. The molecule has 0 bridgehead atoms. The van der Waals surface area contributed by atoms with Gasteiger partial charge in [0.15, 0.2) is 0 Å². The highest BCUT2D eigenvalue weighted by atomic mass is 16.4. The molecule has 0 aliphatic heterocycles. The first-order chi connectivity index (χ1) is 14.5. The fourth-order valence-corrected chi connectivity index (χ4v) is 3.16. The molecule has 154 valence electrons. The van der Waals surface area contributed by atoms with Crippen LogP contribution in [-0.4, -0.2) is 28.6 Å². The van der Waals surface area contributed by atoms with Gasteiger partial charge in [-0.2, -0.15) is 0 Å². The maximum atomic E-state index is 12.7. The molecule has 0 atom stereocenters. The third kappa shape index (κ3) is 5.17. The highest BCUT2D eigenvalue weighted by molar-refractivity contribution is 6.06. The number of nitrogens with one attached hydrogen (secondary N) is 1. The molecule has 0 fully saturated rings. The zero-order valence-electron chi connectivity index (χ0n) is 16.8. The molecular weight excluding hydrogens is 378 g/mol. The molecule has 0 aromatic heterocycles. The van der Waals surface area contributed by atoms with Crippen LogP contribution in [0.25, 0.3) is 11.1 Å². The van der Waals surface area contributed by atoms with E-state index < -0.39 is 6.09 Å². The molecule has 0 aliphatic rings. The van der Waals surface area contributed by atoms with Crippen molar-refractivity contribution in [2.24, 2.45) is 0 Å². The molecule has 0 heterocycles. The lowest BCUT2D eigenvalue weighted by Crippen LogP contribution is -2.29.